The minimum Gasteiger partial charge on any atom is -0.465 e. The van der Waals surface area contributed by atoms with Crippen molar-refractivity contribution in [3.05, 3.63) is 29.6 Å². The number of likely N-dealkylation sites (tertiary alicyclic amines) is 1. The van der Waals surface area contributed by atoms with Crippen molar-refractivity contribution in [2.45, 2.75) is 44.4 Å². The van der Waals surface area contributed by atoms with Gasteiger partial charge in [-0.25, -0.2) is 4.39 Å². The quantitative estimate of drug-likeness (QED) is 0.557. The molecule has 1 saturated carbocycles. The molecule has 1 aliphatic carbocycles. The average molecular weight is 415 g/mol. The van der Waals surface area contributed by atoms with Crippen LogP contribution < -0.4 is 4.74 Å². The summed E-state index contributed by atoms with van der Waals surface area (Å²) < 4.78 is 60.5. The van der Waals surface area contributed by atoms with Crippen LogP contribution in [-0.4, -0.2) is 42.8 Å². The number of rotatable bonds is 3. The number of alkyl halides is 3. The summed E-state index contributed by atoms with van der Waals surface area (Å²) in [4.78, 5) is 25.7. The van der Waals surface area contributed by atoms with Crippen LogP contribution in [0.4, 0.5) is 17.6 Å². The van der Waals surface area contributed by atoms with Crippen molar-refractivity contribution in [1.82, 2.24) is 4.90 Å². The Labute approximate surface area is 164 Å². The molecule has 5 nitrogen and oxygen atoms in total. The van der Waals surface area contributed by atoms with E-state index in [9.17, 15) is 27.2 Å². The molecular formula is C20H21F4NO4. The third kappa shape index (κ3) is 4.04. The normalized spacial score (nSPS) is 27.7. The summed E-state index contributed by atoms with van der Waals surface area (Å²) in [5, 5.41) is 0. The van der Waals surface area contributed by atoms with Crippen molar-refractivity contribution < 1.29 is 36.6 Å². The van der Waals surface area contributed by atoms with Crippen LogP contribution in [-0.2, 0) is 14.3 Å². The summed E-state index contributed by atoms with van der Waals surface area (Å²) in [5.41, 5.74) is 0.000637. The highest BCUT2D eigenvalue weighted by atomic mass is 19.4. The third-order valence-electron chi connectivity index (χ3n) is 6.23. The molecule has 9 heteroatoms. The molecule has 0 radical (unpaired) electrons. The average Bonchev–Trinajstić information content (AvgIpc) is 3.03. The molecule has 0 unspecified atom stereocenters. The van der Waals surface area contributed by atoms with E-state index in [0.717, 1.165) is 6.07 Å². The fourth-order valence-corrected chi connectivity index (χ4v) is 4.78. The number of nitrogens with zero attached hydrogens (tertiary/aromatic N) is 1. The molecule has 2 heterocycles. The van der Waals surface area contributed by atoms with E-state index < -0.39 is 17.9 Å². The van der Waals surface area contributed by atoms with Crippen molar-refractivity contribution in [3.8, 4) is 5.75 Å². The summed E-state index contributed by atoms with van der Waals surface area (Å²) >= 11 is 0. The number of hydrogen-bond donors (Lipinski definition) is 0. The van der Waals surface area contributed by atoms with Gasteiger partial charge in [0.05, 0.1) is 13.0 Å². The van der Waals surface area contributed by atoms with Gasteiger partial charge >= 0.3 is 12.3 Å². The van der Waals surface area contributed by atoms with Crippen LogP contribution in [0.5, 0.6) is 5.75 Å². The van der Waals surface area contributed by atoms with Crippen LogP contribution in [0.2, 0.25) is 0 Å². The smallest absolute Gasteiger partial charge is 0.465 e. The number of carbonyl (C=O) groups excluding carboxylic acids is 2. The number of ether oxygens (including phenoxy) is 2. The van der Waals surface area contributed by atoms with Gasteiger partial charge in [0.2, 0.25) is 5.91 Å². The first-order valence-electron chi connectivity index (χ1n) is 9.64. The number of hydrogen-bond acceptors (Lipinski definition) is 4. The third-order valence-corrected chi connectivity index (χ3v) is 6.23. The summed E-state index contributed by atoms with van der Waals surface area (Å²) in [5.74, 6) is -2.41. The van der Waals surface area contributed by atoms with Gasteiger partial charge in [-0.1, -0.05) is 12.1 Å². The van der Waals surface area contributed by atoms with Crippen LogP contribution >= 0.6 is 0 Å². The van der Waals surface area contributed by atoms with E-state index in [-0.39, 0.29) is 34.7 Å². The standard InChI is InChI=1S/C20H21F4NO4/c21-17-14(2-1-3-15(17)29-20(22,23)24)12-4-6-25(7-5-12)18(27)13-8-19(9-13)10-16(26)28-11-19/h1-3,12-13H,4-11H2. The second-order valence-electron chi connectivity index (χ2n) is 8.25. The lowest BCUT2D eigenvalue weighted by atomic mass is 9.61. The summed E-state index contributed by atoms with van der Waals surface area (Å²) in [6.07, 6.45) is -2.36. The molecule has 0 N–H and O–H groups in total. The Kier molecular flexibility index (Phi) is 4.94. The Bertz CT molecular complexity index is 811. The van der Waals surface area contributed by atoms with E-state index in [4.69, 9.17) is 4.74 Å². The molecule has 2 aliphatic heterocycles. The van der Waals surface area contributed by atoms with Crippen molar-refractivity contribution in [2.75, 3.05) is 19.7 Å². The Balaban J connectivity index is 1.34. The number of piperidine rings is 1. The van der Waals surface area contributed by atoms with Crippen molar-refractivity contribution in [3.63, 3.8) is 0 Å². The Hall–Kier alpha value is -2.32. The maximum atomic E-state index is 14.5. The van der Waals surface area contributed by atoms with Gasteiger partial charge in [0.15, 0.2) is 11.6 Å². The van der Waals surface area contributed by atoms with Crippen LogP contribution in [0.1, 0.15) is 43.6 Å². The Morgan fingerprint density at radius 3 is 2.48 bits per heavy atom. The molecule has 29 heavy (non-hydrogen) atoms. The lowest BCUT2D eigenvalue weighted by molar-refractivity contribution is -0.275. The number of amides is 1. The van der Waals surface area contributed by atoms with Gasteiger partial charge in [-0.2, -0.15) is 0 Å². The monoisotopic (exact) mass is 415 g/mol. The molecule has 1 aromatic carbocycles. The maximum absolute atomic E-state index is 14.5. The predicted octanol–water partition coefficient (Wildman–Crippen LogP) is 3.77. The molecule has 1 spiro atoms. The minimum atomic E-state index is -4.95. The molecule has 0 atom stereocenters. The van der Waals surface area contributed by atoms with Crippen molar-refractivity contribution >= 4 is 11.9 Å². The van der Waals surface area contributed by atoms with E-state index in [0.29, 0.717) is 51.8 Å². The first-order chi connectivity index (χ1) is 13.7. The highest BCUT2D eigenvalue weighted by molar-refractivity contribution is 5.81. The van der Waals surface area contributed by atoms with E-state index in [2.05, 4.69) is 4.74 Å². The van der Waals surface area contributed by atoms with E-state index in [1.807, 2.05) is 0 Å². The molecule has 0 aromatic heterocycles. The second kappa shape index (κ2) is 7.18. The van der Waals surface area contributed by atoms with Crippen molar-refractivity contribution in [2.24, 2.45) is 11.3 Å². The molecule has 0 bridgehead atoms. The van der Waals surface area contributed by atoms with Gasteiger partial charge in [-0.05, 0) is 43.2 Å². The molecule has 3 aliphatic rings. The first kappa shape index (κ1) is 20.0. The number of carbonyl (C=O) groups is 2. The fraction of sp³-hybridized carbons (Fsp3) is 0.600. The van der Waals surface area contributed by atoms with Crippen LogP contribution in [0.3, 0.4) is 0 Å². The number of halogens is 4. The lowest BCUT2D eigenvalue weighted by Gasteiger charge is -2.45. The zero-order valence-electron chi connectivity index (χ0n) is 15.6. The Morgan fingerprint density at radius 2 is 1.90 bits per heavy atom. The summed E-state index contributed by atoms with van der Waals surface area (Å²) in [7, 11) is 0. The first-order valence-corrected chi connectivity index (χ1v) is 9.64. The largest absolute Gasteiger partial charge is 0.573 e. The van der Waals surface area contributed by atoms with Gasteiger partial charge in [0.1, 0.15) is 0 Å². The predicted molar refractivity (Wildman–Crippen MR) is 92.4 cm³/mol. The molecule has 1 aromatic rings. The SMILES string of the molecule is O=C1CC2(CO1)CC(C(=O)N1CCC(c3cccc(OC(F)(F)F)c3F)CC1)C2. The molecule has 2 saturated heterocycles. The van der Waals surface area contributed by atoms with Crippen LogP contribution in [0, 0.1) is 17.2 Å². The molecule has 4 rings (SSSR count). The second-order valence-corrected chi connectivity index (χ2v) is 8.25. The summed E-state index contributed by atoms with van der Waals surface area (Å²) in [6, 6.07) is 3.76. The van der Waals surface area contributed by atoms with Crippen molar-refractivity contribution in [1.29, 1.82) is 0 Å². The zero-order chi connectivity index (χ0) is 20.8. The number of benzene rings is 1. The van der Waals surface area contributed by atoms with Gasteiger partial charge < -0.3 is 14.4 Å². The van der Waals surface area contributed by atoms with Gasteiger partial charge in [-0.3, -0.25) is 9.59 Å². The molecule has 1 amide bonds. The topological polar surface area (TPSA) is 55.8 Å². The fourth-order valence-electron chi connectivity index (χ4n) is 4.78. The maximum Gasteiger partial charge on any atom is 0.573 e. The number of esters is 1. The number of cyclic esters (lactones) is 1. The molecule has 158 valence electrons. The van der Waals surface area contributed by atoms with Crippen LogP contribution in [0.25, 0.3) is 0 Å². The van der Waals surface area contributed by atoms with Gasteiger partial charge in [0, 0.05) is 24.4 Å². The van der Waals surface area contributed by atoms with Gasteiger partial charge in [0.25, 0.3) is 0 Å². The highest BCUT2D eigenvalue weighted by Gasteiger charge is 2.53. The highest BCUT2D eigenvalue weighted by Crippen LogP contribution is 2.52. The van der Waals surface area contributed by atoms with E-state index >= 15 is 0 Å². The molecular weight excluding hydrogens is 394 g/mol. The Morgan fingerprint density at radius 1 is 1.21 bits per heavy atom. The minimum absolute atomic E-state index is 0.0306. The summed E-state index contributed by atoms with van der Waals surface area (Å²) in [6.45, 7) is 1.23. The zero-order valence-corrected chi connectivity index (χ0v) is 15.6. The molecule has 3 fully saturated rings. The van der Waals surface area contributed by atoms with E-state index in [1.54, 1.807) is 4.90 Å². The lowest BCUT2D eigenvalue weighted by Crippen LogP contribution is -2.49. The van der Waals surface area contributed by atoms with Crippen LogP contribution in [0.15, 0.2) is 18.2 Å². The van der Waals surface area contributed by atoms with Gasteiger partial charge in [-0.15, -0.1) is 13.2 Å². The van der Waals surface area contributed by atoms with E-state index in [1.165, 1.54) is 12.1 Å².